The van der Waals surface area contributed by atoms with Crippen LogP contribution in [0.1, 0.15) is 34.8 Å². The number of carbonyl (C=O) groups is 1. The van der Waals surface area contributed by atoms with E-state index in [1.165, 1.54) is 37.7 Å². The van der Waals surface area contributed by atoms with Crippen molar-refractivity contribution in [1.82, 2.24) is 15.5 Å². The predicted octanol–water partition coefficient (Wildman–Crippen LogP) is 1.87. The average molecular weight is 331 g/mol. The highest BCUT2D eigenvalue weighted by atomic mass is 19.1. The first-order valence-corrected chi connectivity index (χ1v) is 7.67. The third kappa shape index (κ3) is 3.35. The summed E-state index contributed by atoms with van der Waals surface area (Å²) in [5, 5.41) is 19.9. The Balaban J connectivity index is 1.90. The summed E-state index contributed by atoms with van der Waals surface area (Å²) in [6.07, 6.45) is 3.49. The van der Waals surface area contributed by atoms with Gasteiger partial charge >= 0.3 is 0 Å². The van der Waals surface area contributed by atoms with E-state index in [9.17, 15) is 14.3 Å². The molecule has 1 amide bonds. The molecular formula is C17H18FN3O3. The molecule has 0 bridgehead atoms. The van der Waals surface area contributed by atoms with E-state index in [4.69, 9.17) is 4.74 Å². The lowest BCUT2D eigenvalue weighted by atomic mass is 9.74. The summed E-state index contributed by atoms with van der Waals surface area (Å²) in [6, 6.07) is 5.30. The molecule has 0 spiro atoms. The highest BCUT2D eigenvalue weighted by Gasteiger charge is 2.37. The van der Waals surface area contributed by atoms with Crippen molar-refractivity contribution in [2.45, 2.75) is 25.0 Å². The molecule has 1 aromatic carbocycles. The molecule has 1 atom stereocenters. The van der Waals surface area contributed by atoms with E-state index in [1.54, 1.807) is 6.07 Å². The second-order valence-corrected chi connectivity index (χ2v) is 5.85. The standard InChI is InChI=1S/C17H18FN3O3/c1-24-15-3-2-12(18)8-14(15)16(11-6-13(22)7-11)21-17(23)10-4-5-19-20-9-10/h2-5,8-9,11,13,16,22H,6-7H2,1H3,(H,21,23)/t11?,13?,16-/m1/s1. The molecular weight excluding hydrogens is 313 g/mol. The Labute approximate surface area is 138 Å². The fourth-order valence-corrected chi connectivity index (χ4v) is 2.95. The van der Waals surface area contributed by atoms with Gasteiger partial charge in [-0.3, -0.25) is 4.79 Å². The van der Waals surface area contributed by atoms with Crippen molar-refractivity contribution < 1.29 is 19.0 Å². The molecule has 0 unspecified atom stereocenters. The summed E-state index contributed by atoms with van der Waals surface area (Å²) in [6.45, 7) is 0. The Hall–Kier alpha value is -2.54. The van der Waals surface area contributed by atoms with Crippen LogP contribution in [0.5, 0.6) is 5.75 Å². The van der Waals surface area contributed by atoms with Gasteiger partial charge in [-0.2, -0.15) is 10.2 Å². The van der Waals surface area contributed by atoms with Crippen LogP contribution < -0.4 is 10.1 Å². The van der Waals surface area contributed by atoms with Gasteiger partial charge in [0.15, 0.2) is 0 Å². The number of halogens is 1. The van der Waals surface area contributed by atoms with Gasteiger partial charge in [-0.25, -0.2) is 4.39 Å². The molecule has 1 heterocycles. The van der Waals surface area contributed by atoms with E-state index < -0.39 is 18.0 Å². The van der Waals surface area contributed by atoms with Gasteiger partial charge in [0, 0.05) is 5.56 Å². The van der Waals surface area contributed by atoms with Crippen molar-refractivity contribution >= 4 is 5.91 Å². The van der Waals surface area contributed by atoms with Crippen LogP contribution in [0.25, 0.3) is 0 Å². The summed E-state index contributed by atoms with van der Waals surface area (Å²) in [7, 11) is 1.50. The lowest BCUT2D eigenvalue weighted by Crippen LogP contribution is -2.41. The van der Waals surface area contributed by atoms with E-state index >= 15 is 0 Å². The predicted molar refractivity (Wildman–Crippen MR) is 83.9 cm³/mol. The molecule has 0 saturated heterocycles. The number of amides is 1. The Bertz CT molecular complexity index is 720. The molecule has 0 radical (unpaired) electrons. The molecule has 1 fully saturated rings. The van der Waals surface area contributed by atoms with Crippen molar-refractivity contribution in [3.63, 3.8) is 0 Å². The summed E-state index contributed by atoms with van der Waals surface area (Å²) in [4.78, 5) is 12.5. The molecule has 2 N–H and O–H groups in total. The van der Waals surface area contributed by atoms with Gasteiger partial charge < -0.3 is 15.2 Å². The van der Waals surface area contributed by atoms with Crippen molar-refractivity contribution in [2.75, 3.05) is 7.11 Å². The number of benzene rings is 1. The molecule has 2 aromatic rings. The maximum atomic E-state index is 13.7. The third-order valence-corrected chi connectivity index (χ3v) is 4.28. The third-order valence-electron chi connectivity index (χ3n) is 4.28. The van der Waals surface area contributed by atoms with Crippen LogP contribution in [-0.4, -0.2) is 34.4 Å². The number of carbonyl (C=O) groups excluding carboxylic acids is 1. The van der Waals surface area contributed by atoms with Crippen molar-refractivity contribution in [3.8, 4) is 5.75 Å². The molecule has 24 heavy (non-hydrogen) atoms. The molecule has 7 heteroatoms. The van der Waals surface area contributed by atoms with Crippen LogP contribution in [-0.2, 0) is 0 Å². The first-order chi connectivity index (χ1) is 11.6. The largest absolute Gasteiger partial charge is 0.496 e. The Morgan fingerprint density at radius 1 is 1.38 bits per heavy atom. The summed E-state index contributed by atoms with van der Waals surface area (Å²) >= 11 is 0. The van der Waals surface area contributed by atoms with Gasteiger partial charge in [-0.15, -0.1) is 0 Å². The fraction of sp³-hybridized carbons (Fsp3) is 0.353. The molecule has 1 aromatic heterocycles. The normalized spacial score (nSPS) is 20.8. The number of methoxy groups -OCH3 is 1. The van der Waals surface area contributed by atoms with Gasteiger partial charge in [-0.1, -0.05) is 0 Å². The molecule has 1 aliphatic rings. The lowest BCUT2D eigenvalue weighted by molar-refractivity contribution is 0.0231. The van der Waals surface area contributed by atoms with Gasteiger partial charge in [0.05, 0.1) is 37.2 Å². The minimum atomic E-state index is -0.459. The summed E-state index contributed by atoms with van der Waals surface area (Å²) < 4.78 is 19.0. The molecule has 3 rings (SSSR count). The van der Waals surface area contributed by atoms with Crippen LogP contribution in [0.15, 0.2) is 36.7 Å². The topological polar surface area (TPSA) is 84.3 Å². The zero-order chi connectivity index (χ0) is 17.1. The second-order valence-electron chi connectivity index (χ2n) is 5.85. The van der Waals surface area contributed by atoms with Crippen LogP contribution in [0.4, 0.5) is 4.39 Å². The van der Waals surface area contributed by atoms with Gasteiger partial charge in [0.25, 0.3) is 5.91 Å². The number of nitrogens with one attached hydrogen (secondary N) is 1. The van der Waals surface area contributed by atoms with E-state index in [0.717, 1.165) is 0 Å². The number of hydrogen-bond donors (Lipinski definition) is 2. The number of aliphatic hydroxyl groups is 1. The number of aliphatic hydroxyl groups excluding tert-OH is 1. The van der Waals surface area contributed by atoms with Crippen molar-refractivity contribution in [1.29, 1.82) is 0 Å². The molecule has 1 saturated carbocycles. The number of nitrogens with zero attached hydrogens (tertiary/aromatic N) is 2. The minimum absolute atomic E-state index is 0.00875. The van der Waals surface area contributed by atoms with E-state index in [-0.39, 0.29) is 11.8 Å². The second kappa shape index (κ2) is 6.92. The van der Waals surface area contributed by atoms with Crippen LogP contribution in [0.3, 0.4) is 0 Å². The fourth-order valence-electron chi connectivity index (χ4n) is 2.95. The zero-order valence-electron chi connectivity index (χ0n) is 13.1. The van der Waals surface area contributed by atoms with Gasteiger partial charge in [0.2, 0.25) is 0 Å². The van der Waals surface area contributed by atoms with Crippen molar-refractivity contribution in [2.24, 2.45) is 5.92 Å². The Kier molecular flexibility index (Phi) is 4.71. The first-order valence-electron chi connectivity index (χ1n) is 7.67. The lowest BCUT2D eigenvalue weighted by Gasteiger charge is -2.38. The zero-order valence-corrected chi connectivity index (χ0v) is 13.1. The Morgan fingerprint density at radius 3 is 2.79 bits per heavy atom. The molecule has 1 aliphatic carbocycles. The van der Waals surface area contributed by atoms with Crippen molar-refractivity contribution in [3.05, 3.63) is 53.6 Å². The summed E-state index contributed by atoms with van der Waals surface area (Å²) in [5.41, 5.74) is 0.926. The molecule has 0 aliphatic heterocycles. The maximum absolute atomic E-state index is 13.7. The quantitative estimate of drug-likeness (QED) is 0.874. The van der Waals surface area contributed by atoms with Gasteiger partial charge in [0.1, 0.15) is 11.6 Å². The summed E-state index contributed by atoms with van der Waals surface area (Å²) in [5.74, 6) is -0.233. The highest BCUT2D eigenvalue weighted by Crippen LogP contribution is 2.41. The maximum Gasteiger partial charge on any atom is 0.253 e. The monoisotopic (exact) mass is 331 g/mol. The highest BCUT2D eigenvalue weighted by molar-refractivity contribution is 5.94. The van der Waals surface area contributed by atoms with E-state index in [1.807, 2.05) is 0 Å². The first kappa shape index (κ1) is 16.3. The van der Waals surface area contributed by atoms with Crippen LogP contribution in [0.2, 0.25) is 0 Å². The molecule has 6 nitrogen and oxygen atoms in total. The molecule has 126 valence electrons. The smallest absolute Gasteiger partial charge is 0.253 e. The van der Waals surface area contributed by atoms with Crippen LogP contribution in [0, 0.1) is 11.7 Å². The SMILES string of the molecule is COc1ccc(F)cc1[C@H](NC(=O)c1ccnnc1)C1CC(O)C1. The van der Waals surface area contributed by atoms with E-state index in [0.29, 0.717) is 29.7 Å². The average Bonchev–Trinajstić information content (AvgIpc) is 2.58. The number of aromatic nitrogens is 2. The minimum Gasteiger partial charge on any atom is -0.496 e. The number of rotatable bonds is 5. The van der Waals surface area contributed by atoms with Crippen LogP contribution >= 0.6 is 0 Å². The van der Waals surface area contributed by atoms with E-state index in [2.05, 4.69) is 15.5 Å². The van der Waals surface area contributed by atoms with Gasteiger partial charge in [-0.05, 0) is 43.0 Å². The Morgan fingerprint density at radius 2 is 2.17 bits per heavy atom. The number of ether oxygens (including phenoxy) is 1. The number of hydrogen-bond acceptors (Lipinski definition) is 5.